The number of esters is 4. The molecule has 0 aliphatic heterocycles. The minimum atomic E-state index is -5.00. The first-order chi connectivity index (χ1) is 48.7. The highest BCUT2D eigenvalue weighted by Gasteiger charge is 2.30. The van der Waals surface area contributed by atoms with Gasteiger partial charge < -0.3 is 33.8 Å². The van der Waals surface area contributed by atoms with Crippen LogP contribution in [-0.4, -0.2) is 96.7 Å². The molecule has 0 bridgehead atoms. The van der Waals surface area contributed by atoms with Crippen molar-refractivity contribution in [3.05, 3.63) is 122 Å². The molecule has 574 valence electrons. The predicted molar refractivity (Wildman–Crippen MR) is 408 cm³/mol. The van der Waals surface area contributed by atoms with Crippen LogP contribution in [0.2, 0.25) is 0 Å². The Morgan fingerprint density at radius 2 is 0.560 bits per heavy atom. The summed E-state index contributed by atoms with van der Waals surface area (Å²) < 4.78 is 68.3. The Kier molecular flexibility index (Phi) is 69.5. The van der Waals surface area contributed by atoms with Crippen molar-refractivity contribution in [3.63, 3.8) is 0 Å². The molecule has 0 aromatic heterocycles. The maximum Gasteiger partial charge on any atom is 0.472 e. The molecule has 0 spiro atoms. The third kappa shape index (κ3) is 71.8. The highest BCUT2D eigenvalue weighted by atomic mass is 31.2. The lowest BCUT2D eigenvalue weighted by atomic mass is 10.0. The SMILES string of the molecule is CC/C=C\C/C=C\C/C=C\C/C=C\C/C=C\CCCC(=O)OCC(COP(=O)(O)OCC(O)COP(=O)(O)OCC(COC(=O)C/C=C\C/C=C\C/C=C\C/C=C\C/C=C\CC)OC(=O)CCCCCCCCCCCCCCCCC)OC(=O)CCCCCCCCCCCCCCC. The Morgan fingerprint density at radius 3 is 0.880 bits per heavy atom. The predicted octanol–water partition coefficient (Wildman–Crippen LogP) is 22.3. The summed E-state index contributed by atoms with van der Waals surface area (Å²) in [5.41, 5.74) is 0. The fourth-order valence-corrected chi connectivity index (χ4v) is 11.7. The van der Waals surface area contributed by atoms with E-state index in [4.69, 9.17) is 37.0 Å². The molecule has 0 saturated carbocycles. The molecule has 3 N–H and O–H groups in total. The summed E-state index contributed by atoms with van der Waals surface area (Å²) in [5.74, 6) is -2.38. The normalized spacial score (nSPS) is 14.6. The van der Waals surface area contributed by atoms with E-state index >= 15 is 0 Å². The number of unbranched alkanes of at least 4 members (excludes halogenated alkanes) is 27. The van der Waals surface area contributed by atoms with Crippen LogP contribution in [0.5, 0.6) is 0 Å². The average molecular weight is 1450 g/mol. The van der Waals surface area contributed by atoms with E-state index in [2.05, 4.69) is 113 Å². The van der Waals surface area contributed by atoms with Crippen LogP contribution >= 0.6 is 15.6 Å². The molecular weight excluding hydrogens is 1310 g/mol. The molecule has 5 atom stereocenters. The van der Waals surface area contributed by atoms with Gasteiger partial charge in [-0.1, -0.05) is 316 Å². The van der Waals surface area contributed by atoms with Gasteiger partial charge in [0.1, 0.15) is 19.3 Å². The lowest BCUT2D eigenvalue weighted by Gasteiger charge is -2.21. The quantitative estimate of drug-likeness (QED) is 0.0169. The molecule has 100 heavy (non-hydrogen) atoms. The highest BCUT2D eigenvalue weighted by molar-refractivity contribution is 7.47. The molecule has 5 unspecified atom stereocenters. The van der Waals surface area contributed by atoms with E-state index in [0.29, 0.717) is 32.1 Å². The van der Waals surface area contributed by atoms with Crippen molar-refractivity contribution in [2.24, 2.45) is 0 Å². The fourth-order valence-electron chi connectivity index (χ4n) is 10.2. The zero-order valence-corrected chi connectivity index (χ0v) is 64.4. The first-order valence-electron chi connectivity index (χ1n) is 38.8. The second-order valence-electron chi connectivity index (χ2n) is 25.6. The summed E-state index contributed by atoms with van der Waals surface area (Å²) in [7, 11) is -9.99. The number of hydrogen-bond donors (Lipinski definition) is 3. The number of hydrogen-bond acceptors (Lipinski definition) is 15. The van der Waals surface area contributed by atoms with E-state index in [1.807, 2.05) is 30.4 Å². The zero-order valence-electron chi connectivity index (χ0n) is 62.6. The molecule has 0 aromatic rings. The summed E-state index contributed by atoms with van der Waals surface area (Å²) in [6.07, 6.45) is 79.4. The molecule has 19 heteroatoms. The van der Waals surface area contributed by atoms with Crippen LogP contribution in [0.3, 0.4) is 0 Å². The average Bonchev–Trinajstić information content (AvgIpc) is 0.965. The molecule has 0 rings (SSSR count). The number of rotatable bonds is 72. The molecule has 0 amide bonds. The first kappa shape index (κ1) is 95.5. The third-order valence-electron chi connectivity index (χ3n) is 16.0. The van der Waals surface area contributed by atoms with Gasteiger partial charge in [0, 0.05) is 19.3 Å². The van der Waals surface area contributed by atoms with Crippen LogP contribution in [0.25, 0.3) is 0 Å². The zero-order chi connectivity index (χ0) is 73.2. The van der Waals surface area contributed by atoms with E-state index in [1.165, 1.54) is 116 Å². The minimum absolute atomic E-state index is 0.0710. The molecule has 17 nitrogen and oxygen atoms in total. The van der Waals surface area contributed by atoms with E-state index in [0.717, 1.165) is 109 Å². The Labute approximate surface area is 606 Å². The Bertz CT molecular complexity index is 2370. The lowest BCUT2D eigenvalue weighted by Crippen LogP contribution is -2.30. The molecule has 0 fully saturated rings. The molecule has 0 saturated heterocycles. The maximum absolute atomic E-state index is 13.1. The summed E-state index contributed by atoms with van der Waals surface area (Å²) in [4.78, 5) is 72.8. The number of aliphatic hydroxyl groups excluding tert-OH is 1. The third-order valence-corrected chi connectivity index (χ3v) is 17.9. The Hall–Kier alpha value is -4.54. The summed E-state index contributed by atoms with van der Waals surface area (Å²) in [6.45, 7) is 4.49. The molecule has 0 aliphatic carbocycles. The van der Waals surface area contributed by atoms with Gasteiger partial charge >= 0.3 is 39.5 Å². The van der Waals surface area contributed by atoms with Crippen molar-refractivity contribution in [2.45, 2.75) is 329 Å². The number of ether oxygens (including phenoxy) is 4. The first-order valence-corrected chi connectivity index (χ1v) is 41.8. The van der Waals surface area contributed by atoms with Gasteiger partial charge in [0.15, 0.2) is 12.2 Å². The van der Waals surface area contributed by atoms with E-state index in [9.17, 15) is 43.2 Å². The van der Waals surface area contributed by atoms with E-state index in [1.54, 1.807) is 6.08 Å². The maximum atomic E-state index is 13.1. The molecular formula is C81H138O17P2. The van der Waals surface area contributed by atoms with E-state index < -0.39 is 97.5 Å². The van der Waals surface area contributed by atoms with Gasteiger partial charge in [0.25, 0.3) is 0 Å². The van der Waals surface area contributed by atoms with Crippen LogP contribution in [0, 0.1) is 0 Å². The van der Waals surface area contributed by atoms with Gasteiger partial charge in [0.2, 0.25) is 0 Å². The highest BCUT2D eigenvalue weighted by Crippen LogP contribution is 2.45. The van der Waals surface area contributed by atoms with Crippen LogP contribution < -0.4 is 0 Å². The van der Waals surface area contributed by atoms with E-state index in [-0.39, 0.29) is 25.7 Å². The summed E-state index contributed by atoms with van der Waals surface area (Å²) in [5, 5.41) is 10.6. The van der Waals surface area contributed by atoms with Gasteiger partial charge in [-0.3, -0.25) is 37.3 Å². The summed E-state index contributed by atoms with van der Waals surface area (Å²) in [6, 6.07) is 0. The smallest absolute Gasteiger partial charge is 0.462 e. The molecule has 0 aliphatic rings. The van der Waals surface area contributed by atoms with Crippen molar-refractivity contribution in [1.29, 1.82) is 0 Å². The van der Waals surface area contributed by atoms with Gasteiger partial charge in [-0.05, 0) is 89.9 Å². The Morgan fingerprint density at radius 1 is 0.300 bits per heavy atom. The topological polar surface area (TPSA) is 237 Å². The number of carbonyl (C=O) groups is 4. The lowest BCUT2D eigenvalue weighted by molar-refractivity contribution is -0.161. The number of phosphoric acid groups is 2. The van der Waals surface area contributed by atoms with Crippen LogP contribution in [0.1, 0.15) is 310 Å². The number of carbonyl (C=O) groups excluding carboxylic acids is 4. The largest absolute Gasteiger partial charge is 0.472 e. The van der Waals surface area contributed by atoms with Crippen LogP contribution in [-0.2, 0) is 65.4 Å². The molecule has 0 aromatic carbocycles. The number of phosphoric ester groups is 2. The summed E-state index contributed by atoms with van der Waals surface area (Å²) >= 11 is 0. The monoisotopic (exact) mass is 1440 g/mol. The van der Waals surface area contributed by atoms with Gasteiger partial charge in [-0.15, -0.1) is 0 Å². The van der Waals surface area contributed by atoms with Crippen molar-refractivity contribution < 1.29 is 80.2 Å². The van der Waals surface area contributed by atoms with Crippen molar-refractivity contribution >= 4 is 39.5 Å². The second kappa shape index (κ2) is 72.8. The minimum Gasteiger partial charge on any atom is -0.462 e. The van der Waals surface area contributed by atoms with Gasteiger partial charge in [-0.2, -0.15) is 0 Å². The standard InChI is InChI=1S/C81H138O17P2/c1-5-9-13-17-21-25-29-33-36-37-40-43-46-50-54-58-62-66-79(84)92-71-76(97-80(85)67-63-59-55-51-47-41-32-28-24-20-16-12-8-4)73-95-99(87,88)93-69-75(82)70-94-100(89,90)96-74-77(98-81(86)68-64-60-56-52-48-44-39-35-31-27-23-19-15-11-7-3)72-91-78(83)65-61-57-53-49-45-42-38-34-30-26-22-18-14-10-6-2/h9-10,13-14,21-22,25-26,33-34,36,38,40,43,45,49-50,54,57,61,75-77,82H,5-8,11-12,15-20,23-24,27-32,35,37,39,41-42,44,46-48,51-53,55-56,58-60,62-74H2,1-4H3,(H,87,88)(H,89,90)/b13-9-,14-10-,25-21-,26-22-,36-33-,38-34-,43-40-,49-45-,54-50-,61-57-. The molecule has 0 radical (unpaired) electrons. The Balaban J connectivity index is 5.44. The van der Waals surface area contributed by atoms with Crippen LogP contribution in [0.4, 0.5) is 0 Å². The van der Waals surface area contributed by atoms with Gasteiger partial charge in [-0.25, -0.2) is 9.13 Å². The van der Waals surface area contributed by atoms with Crippen molar-refractivity contribution in [2.75, 3.05) is 39.6 Å². The van der Waals surface area contributed by atoms with Crippen molar-refractivity contribution in [1.82, 2.24) is 0 Å². The number of allylic oxidation sites excluding steroid dienone is 19. The fraction of sp³-hybridized carbons (Fsp3) is 0.704. The van der Waals surface area contributed by atoms with Crippen molar-refractivity contribution in [3.8, 4) is 0 Å². The van der Waals surface area contributed by atoms with Crippen LogP contribution in [0.15, 0.2) is 122 Å². The van der Waals surface area contributed by atoms with Gasteiger partial charge in [0.05, 0.1) is 32.8 Å². The second-order valence-corrected chi connectivity index (χ2v) is 28.5. The number of aliphatic hydroxyl groups is 1. The molecule has 0 heterocycles.